The Kier molecular flexibility index (Phi) is 4.12. The number of methoxy groups -OCH3 is 1. The molecule has 1 N–H and O–H groups in total. The maximum Gasteiger partial charge on any atom is 0.255 e. The summed E-state index contributed by atoms with van der Waals surface area (Å²) in [6.07, 6.45) is 3.00. The van der Waals surface area contributed by atoms with E-state index in [-0.39, 0.29) is 17.3 Å². The van der Waals surface area contributed by atoms with E-state index >= 15 is 0 Å². The van der Waals surface area contributed by atoms with Gasteiger partial charge >= 0.3 is 0 Å². The fraction of sp³-hybridized carbons (Fsp3) is 0.500. The molecule has 98 valence electrons. The molecule has 0 heterocycles. The highest BCUT2D eigenvalue weighted by atomic mass is 35.5. The Morgan fingerprint density at radius 2 is 2.22 bits per heavy atom. The number of halogens is 1. The number of rotatable bonds is 3. The van der Waals surface area contributed by atoms with Crippen molar-refractivity contribution in [1.82, 2.24) is 5.32 Å². The van der Waals surface area contributed by atoms with Gasteiger partial charge in [0.2, 0.25) is 0 Å². The lowest BCUT2D eigenvalue weighted by molar-refractivity contribution is 0.0935. The number of ether oxygens (including phenoxy) is 1. The van der Waals surface area contributed by atoms with Crippen molar-refractivity contribution >= 4 is 17.5 Å². The Morgan fingerprint density at radius 1 is 1.44 bits per heavy atom. The molecule has 0 spiro atoms. The predicted molar refractivity (Wildman–Crippen MR) is 72.5 cm³/mol. The van der Waals surface area contributed by atoms with Crippen molar-refractivity contribution in [3.05, 3.63) is 29.3 Å². The van der Waals surface area contributed by atoms with E-state index in [0.29, 0.717) is 11.3 Å². The molecule has 18 heavy (non-hydrogen) atoms. The van der Waals surface area contributed by atoms with Gasteiger partial charge in [0, 0.05) is 6.04 Å². The summed E-state index contributed by atoms with van der Waals surface area (Å²) in [6.45, 7) is 1.95. The van der Waals surface area contributed by atoms with E-state index in [2.05, 4.69) is 5.32 Å². The third-order valence-electron chi connectivity index (χ3n) is 3.35. The summed E-state index contributed by atoms with van der Waals surface area (Å²) in [5.41, 5.74) is 1.61. The molecule has 1 aliphatic carbocycles. The second-order valence-corrected chi connectivity index (χ2v) is 5.29. The fourth-order valence-electron chi connectivity index (χ4n) is 2.32. The molecule has 1 aromatic rings. The average Bonchev–Trinajstić information content (AvgIpc) is 2.75. The zero-order chi connectivity index (χ0) is 13.1. The molecule has 1 aromatic carbocycles. The maximum atomic E-state index is 12.2. The lowest BCUT2D eigenvalue weighted by Crippen LogP contribution is -2.38. The van der Waals surface area contributed by atoms with Crippen LogP contribution in [0.15, 0.2) is 18.2 Å². The Balaban J connectivity index is 2.15. The first-order valence-corrected chi connectivity index (χ1v) is 6.65. The molecule has 2 atom stereocenters. The number of benzene rings is 1. The van der Waals surface area contributed by atoms with Gasteiger partial charge in [0.25, 0.3) is 5.91 Å². The van der Waals surface area contributed by atoms with Crippen LogP contribution in [-0.4, -0.2) is 24.4 Å². The van der Waals surface area contributed by atoms with Crippen molar-refractivity contribution in [2.75, 3.05) is 7.11 Å². The highest BCUT2D eigenvalue weighted by Gasteiger charge is 2.27. The molecule has 3 nitrogen and oxygen atoms in total. The number of aryl methyl sites for hydroxylation is 1. The maximum absolute atomic E-state index is 12.2. The summed E-state index contributed by atoms with van der Waals surface area (Å²) in [7, 11) is 1.57. The third kappa shape index (κ3) is 2.78. The third-order valence-corrected chi connectivity index (χ3v) is 3.87. The predicted octanol–water partition coefficient (Wildman–Crippen LogP) is 2.89. The number of hydrogen-bond donors (Lipinski definition) is 1. The van der Waals surface area contributed by atoms with Crippen LogP contribution in [0.2, 0.25) is 0 Å². The average molecular weight is 268 g/mol. The molecule has 1 amide bonds. The van der Waals surface area contributed by atoms with Crippen molar-refractivity contribution in [3.63, 3.8) is 0 Å². The van der Waals surface area contributed by atoms with Gasteiger partial charge < -0.3 is 10.1 Å². The van der Waals surface area contributed by atoms with Crippen LogP contribution in [0.1, 0.15) is 35.2 Å². The molecule has 4 heteroatoms. The first-order valence-electron chi connectivity index (χ1n) is 6.21. The SMILES string of the molecule is COc1ccc(C)cc1C(=O)NC1CCCC1Cl. The van der Waals surface area contributed by atoms with Gasteiger partial charge in [0.05, 0.1) is 18.1 Å². The van der Waals surface area contributed by atoms with E-state index in [1.54, 1.807) is 7.11 Å². The molecule has 1 saturated carbocycles. The van der Waals surface area contributed by atoms with Crippen LogP contribution >= 0.6 is 11.6 Å². The summed E-state index contributed by atoms with van der Waals surface area (Å²) in [5.74, 6) is 0.496. The summed E-state index contributed by atoms with van der Waals surface area (Å²) in [5, 5.41) is 3.04. The van der Waals surface area contributed by atoms with E-state index in [4.69, 9.17) is 16.3 Å². The quantitative estimate of drug-likeness (QED) is 0.856. The van der Waals surface area contributed by atoms with E-state index in [1.165, 1.54) is 0 Å². The Hall–Kier alpha value is -1.22. The molecule has 1 aliphatic rings. The van der Waals surface area contributed by atoms with Crippen LogP contribution in [0.25, 0.3) is 0 Å². The van der Waals surface area contributed by atoms with Gasteiger partial charge in [0.15, 0.2) is 0 Å². The summed E-state index contributed by atoms with van der Waals surface area (Å²) >= 11 is 6.17. The van der Waals surface area contributed by atoms with E-state index in [0.717, 1.165) is 24.8 Å². The van der Waals surface area contributed by atoms with E-state index in [9.17, 15) is 4.79 Å². The minimum atomic E-state index is -0.104. The zero-order valence-corrected chi connectivity index (χ0v) is 11.5. The van der Waals surface area contributed by atoms with Gasteiger partial charge in [-0.25, -0.2) is 0 Å². The molecule has 1 fully saturated rings. The molecule has 2 unspecified atom stereocenters. The van der Waals surface area contributed by atoms with Gasteiger partial charge in [-0.2, -0.15) is 0 Å². The topological polar surface area (TPSA) is 38.3 Å². The highest BCUT2D eigenvalue weighted by molar-refractivity contribution is 6.21. The van der Waals surface area contributed by atoms with Gasteiger partial charge in [-0.3, -0.25) is 4.79 Å². The minimum absolute atomic E-state index is 0.0461. The van der Waals surface area contributed by atoms with Crippen LogP contribution in [0.3, 0.4) is 0 Å². The van der Waals surface area contributed by atoms with Crippen molar-refractivity contribution in [3.8, 4) is 5.75 Å². The Labute approximate surface area is 112 Å². The Morgan fingerprint density at radius 3 is 2.83 bits per heavy atom. The molecule has 0 radical (unpaired) electrons. The molecule has 0 bridgehead atoms. The molecule has 2 rings (SSSR count). The van der Waals surface area contributed by atoms with Crippen molar-refractivity contribution in [2.45, 2.75) is 37.6 Å². The molecule has 0 aliphatic heterocycles. The summed E-state index contributed by atoms with van der Waals surface area (Å²) < 4.78 is 5.22. The summed E-state index contributed by atoms with van der Waals surface area (Å²) in [4.78, 5) is 12.2. The Bertz CT molecular complexity index is 447. The van der Waals surface area contributed by atoms with Gasteiger partial charge in [-0.1, -0.05) is 11.6 Å². The number of amides is 1. The lowest BCUT2D eigenvalue weighted by atomic mass is 10.1. The first kappa shape index (κ1) is 13.2. The molecule has 0 aromatic heterocycles. The van der Waals surface area contributed by atoms with E-state index in [1.807, 2.05) is 25.1 Å². The van der Waals surface area contributed by atoms with Gasteiger partial charge in [-0.05, 0) is 38.3 Å². The molecular formula is C14H18ClNO2. The normalized spacial score (nSPS) is 22.8. The number of alkyl halides is 1. The van der Waals surface area contributed by atoms with E-state index < -0.39 is 0 Å². The van der Waals surface area contributed by atoms with Crippen LogP contribution < -0.4 is 10.1 Å². The minimum Gasteiger partial charge on any atom is -0.496 e. The fourth-order valence-corrected chi connectivity index (χ4v) is 2.67. The molecular weight excluding hydrogens is 250 g/mol. The monoisotopic (exact) mass is 267 g/mol. The van der Waals surface area contributed by atoms with Crippen LogP contribution in [0.4, 0.5) is 0 Å². The van der Waals surface area contributed by atoms with Crippen molar-refractivity contribution < 1.29 is 9.53 Å². The van der Waals surface area contributed by atoms with Crippen LogP contribution in [-0.2, 0) is 0 Å². The number of carbonyl (C=O) groups is 1. The van der Waals surface area contributed by atoms with Crippen molar-refractivity contribution in [1.29, 1.82) is 0 Å². The van der Waals surface area contributed by atoms with Gasteiger partial charge in [-0.15, -0.1) is 11.6 Å². The van der Waals surface area contributed by atoms with Crippen molar-refractivity contribution in [2.24, 2.45) is 0 Å². The molecule has 0 saturated heterocycles. The highest BCUT2D eigenvalue weighted by Crippen LogP contribution is 2.25. The smallest absolute Gasteiger partial charge is 0.255 e. The van der Waals surface area contributed by atoms with Crippen LogP contribution in [0, 0.1) is 6.92 Å². The number of nitrogens with one attached hydrogen (secondary N) is 1. The second-order valence-electron chi connectivity index (χ2n) is 4.73. The number of hydrogen-bond acceptors (Lipinski definition) is 2. The second kappa shape index (κ2) is 5.61. The first-order chi connectivity index (χ1) is 8.61. The standard InChI is InChI=1S/C14H18ClNO2/c1-9-6-7-13(18-2)10(8-9)14(17)16-12-5-3-4-11(12)15/h6-8,11-12H,3-5H2,1-2H3,(H,16,17). The van der Waals surface area contributed by atoms with Crippen LogP contribution in [0.5, 0.6) is 5.75 Å². The lowest BCUT2D eigenvalue weighted by Gasteiger charge is -2.17. The zero-order valence-electron chi connectivity index (χ0n) is 10.7. The largest absolute Gasteiger partial charge is 0.496 e. The summed E-state index contributed by atoms with van der Waals surface area (Å²) in [6, 6.07) is 5.66. The number of carbonyl (C=O) groups excluding carboxylic acids is 1. The van der Waals surface area contributed by atoms with Gasteiger partial charge in [0.1, 0.15) is 5.75 Å².